The van der Waals surface area contributed by atoms with E-state index in [1.165, 1.54) is 31.2 Å². The summed E-state index contributed by atoms with van der Waals surface area (Å²) >= 11 is 0. The number of ether oxygens (including phenoxy) is 3. The van der Waals surface area contributed by atoms with Crippen LogP contribution in [-0.2, 0) is 19.0 Å². The molecule has 1 aliphatic rings. The Labute approximate surface area is 143 Å². The Balaban J connectivity index is 2.12. The topological polar surface area (TPSA) is 149 Å². The van der Waals surface area contributed by atoms with Gasteiger partial charge in [0.2, 0.25) is 0 Å². The third-order valence-electron chi connectivity index (χ3n) is 3.68. The van der Waals surface area contributed by atoms with Gasteiger partial charge in [0, 0.05) is 6.92 Å². The van der Waals surface area contributed by atoms with Crippen LogP contribution in [0.3, 0.4) is 0 Å². The number of nitriles is 1. The van der Waals surface area contributed by atoms with E-state index in [0.29, 0.717) is 5.56 Å². The molecule has 1 heterocycles. The summed E-state index contributed by atoms with van der Waals surface area (Å²) in [5.41, 5.74) is 0.315. The molecule has 0 saturated carbocycles. The average Bonchev–Trinajstić information content (AvgIpc) is 2.58. The molecular formula is C16H19NO8. The van der Waals surface area contributed by atoms with Crippen molar-refractivity contribution in [2.45, 2.75) is 43.7 Å². The number of nitrogens with zero attached hydrogens (tertiary/aromatic N) is 1. The fourth-order valence-corrected chi connectivity index (χ4v) is 2.37. The number of aliphatic hydroxyl groups is 3. The molecule has 1 aliphatic heterocycles. The van der Waals surface area contributed by atoms with Crippen LogP contribution in [0.4, 0.5) is 0 Å². The summed E-state index contributed by atoms with van der Waals surface area (Å²) in [5.74, 6) is -0.682. The summed E-state index contributed by atoms with van der Waals surface area (Å²) in [6.45, 7) is 0.811. The maximum atomic E-state index is 10.9. The Bertz CT molecular complexity index is 645. The number of esters is 1. The normalized spacial score (nSPS) is 30.3. The number of carbonyl (C=O) groups is 1. The fraction of sp³-hybridized carbons (Fsp3) is 0.500. The van der Waals surface area contributed by atoms with Crippen molar-refractivity contribution in [1.29, 1.82) is 5.26 Å². The Hall–Kier alpha value is -2.22. The smallest absolute Gasteiger partial charge is 0.302 e. The molecule has 0 amide bonds. The Morgan fingerprint density at radius 3 is 2.64 bits per heavy atom. The SMILES string of the molecule is CC(=O)OCC1OC(OC(C#N)c2cccc(O)c2)C(O)C(O)C1O. The second kappa shape index (κ2) is 8.24. The van der Waals surface area contributed by atoms with Gasteiger partial charge in [0.15, 0.2) is 12.4 Å². The molecule has 0 radical (unpaired) electrons. The van der Waals surface area contributed by atoms with Gasteiger partial charge in [0.25, 0.3) is 0 Å². The van der Waals surface area contributed by atoms with E-state index < -0.39 is 42.8 Å². The standard InChI is InChI=1S/C16H19NO8/c1-8(18)23-7-12-13(20)14(21)15(22)16(25-12)24-11(6-17)9-3-2-4-10(19)5-9/h2-5,11-16,19-22H,7H2,1H3. The van der Waals surface area contributed by atoms with Gasteiger partial charge in [-0.3, -0.25) is 4.79 Å². The molecule has 6 atom stereocenters. The second-order valence-electron chi connectivity index (χ2n) is 5.56. The van der Waals surface area contributed by atoms with Crippen molar-refractivity contribution in [3.63, 3.8) is 0 Å². The third kappa shape index (κ3) is 4.66. The minimum absolute atomic E-state index is 0.0744. The Morgan fingerprint density at radius 2 is 2.04 bits per heavy atom. The number of hydrogen-bond acceptors (Lipinski definition) is 9. The van der Waals surface area contributed by atoms with Gasteiger partial charge in [0.1, 0.15) is 36.8 Å². The van der Waals surface area contributed by atoms with Crippen LogP contribution < -0.4 is 0 Å². The first-order valence-corrected chi connectivity index (χ1v) is 7.50. The zero-order chi connectivity index (χ0) is 18.6. The highest BCUT2D eigenvalue weighted by Crippen LogP contribution is 2.28. The number of aliphatic hydroxyl groups excluding tert-OH is 3. The van der Waals surface area contributed by atoms with Gasteiger partial charge in [0.05, 0.1) is 6.07 Å². The minimum atomic E-state index is -1.63. The first-order chi connectivity index (χ1) is 11.8. The fourth-order valence-electron chi connectivity index (χ4n) is 2.37. The molecule has 25 heavy (non-hydrogen) atoms. The van der Waals surface area contributed by atoms with Crippen molar-refractivity contribution in [3.05, 3.63) is 29.8 Å². The summed E-state index contributed by atoms with van der Waals surface area (Å²) in [7, 11) is 0. The maximum absolute atomic E-state index is 10.9. The largest absolute Gasteiger partial charge is 0.508 e. The van der Waals surface area contributed by atoms with Crippen molar-refractivity contribution in [2.24, 2.45) is 0 Å². The number of aromatic hydroxyl groups is 1. The summed E-state index contributed by atoms with van der Waals surface area (Å²) in [6.07, 6.45) is -8.56. The van der Waals surface area contributed by atoms with Gasteiger partial charge in [-0.25, -0.2) is 0 Å². The zero-order valence-electron chi connectivity index (χ0n) is 13.3. The highest BCUT2D eigenvalue weighted by atomic mass is 16.7. The van der Waals surface area contributed by atoms with Gasteiger partial charge >= 0.3 is 5.97 Å². The van der Waals surface area contributed by atoms with E-state index in [1.807, 2.05) is 6.07 Å². The lowest BCUT2D eigenvalue weighted by molar-refractivity contribution is -0.308. The number of rotatable bonds is 5. The number of carbonyl (C=O) groups excluding carboxylic acids is 1. The zero-order valence-corrected chi connectivity index (χ0v) is 13.3. The summed E-state index contributed by atoms with van der Waals surface area (Å²) < 4.78 is 15.5. The molecule has 4 N–H and O–H groups in total. The van der Waals surface area contributed by atoms with Crippen LogP contribution in [0.25, 0.3) is 0 Å². The first kappa shape index (κ1) is 19.1. The molecule has 1 aromatic rings. The molecule has 1 fully saturated rings. The molecule has 0 aromatic heterocycles. The summed E-state index contributed by atoms with van der Waals surface area (Å²) in [5, 5.41) is 48.6. The molecule has 6 unspecified atom stereocenters. The summed E-state index contributed by atoms with van der Waals surface area (Å²) in [6, 6.07) is 7.62. The third-order valence-corrected chi connectivity index (χ3v) is 3.68. The van der Waals surface area contributed by atoms with Gasteiger partial charge in [-0.15, -0.1) is 0 Å². The molecule has 2 rings (SSSR count). The lowest BCUT2D eigenvalue weighted by Crippen LogP contribution is -2.59. The van der Waals surface area contributed by atoms with E-state index in [4.69, 9.17) is 14.2 Å². The van der Waals surface area contributed by atoms with Crippen molar-refractivity contribution in [2.75, 3.05) is 6.61 Å². The molecule has 9 heteroatoms. The van der Waals surface area contributed by atoms with Crippen LogP contribution in [0.5, 0.6) is 5.75 Å². The number of hydrogen-bond donors (Lipinski definition) is 4. The highest BCUT2D eigenvalue weighted by molar-refractivity contribution is 5.65. The van der Waals surface area contributed by atoms with Crippen LogP contribution in [0.15, 0.2) is 24.3 Å². The number of benzene rings is 1. The van der Waals surface area contributed by atoms with E-state index in [-0.39, 0.29) is 12.4 Å². The van der Waals surface area contributed by atoms with Gasteiger partial charge in [-0.05, 0) is 17.7 Å². The molecule has 1 aromatic carbocycles. The Morgan fingerprint density at radius 1 is 1.32 bits per heavy atom. The van der Waals surface area contributed by atoms with E-state index in [2.05, 4.69) is 0 Å². The van der Waals surface area contributed by atoms with Gasteiger partial charge < -0.3 is 34.6 Å². The monoisotopic (exact) mass is 353 g/mol. The van der Waals surface area contributed by atoms with Crippen molar-refractivity contribution < 1.29 is 39.4 Å². The van der Waals surface area contributed by atoms with E-state index in [0.717, 1.165) is 0 Å². The molecule has 0 aliphatic carbocycles. The number of phenolic OH excluding ortho intramolecular Hbond substituents is 1. The van der Waals surface area contributed by atoms with E-state index in [9.17, 15) is 30.5 Å². The average molecular weight is 353 g/mol. The second-order valence-corrected chi connectivity index (χ2v) is 5.56. The van der Waals surface area contributed by atoms with Crippen LogP contribution in [0.1, 0.15) is 18.6 Å². The molecular weight excluding hydrogens is 334 g/mol. The molecule has 9 nitrogen and oxygen atoms in total. The number of phenols is 1. The van der Waals surface area contributed by atoms with Crippen LogP contribution in [0, 0.1) is 11.3 Å². The minimum Gasteiger partial charge on any atom is -0.508 e. The Kier molecular flexibility index (Phi) is 6.30. The van der Waals surface area contributed by atoms with E-state index in [1.54, 1.807) is 0 Å². The lowest BCUT2D eigenvalue weighted by Gasteiger charge is -2.40. The first-order valence-electron chi connectivity index (χ1n) is 7.50. The van der Waals surface area contributed by atoms with Crippen molar-refractivity contribution in [1.82, 2.24) is 0 Å². The molecule has 1 saturated heterocycles. The predicted molar refractivity (Wildman–Crippen MR) is 80.9 cm³/mol. The highest BCUT2D eigenvalue weighted by Gasteiger charge is 2.45. The lowest BCUT2D eigenvalue weighted by atomic mass is 9.99. The summed E-state index contributed by atoms with van der Waals surface area (Å²) in [4.78, 5) is 10.9. The quantitative estimate of drug-likeness (QED) is 0.506. The van der Waals surface area contributed by atoms with Crippen LogP contribution in [0.2, 0.25) is 0 Å². The maximum Gasteiger partial charge on any atom is 0.302 e. The van der Waals surface area contributed by atoms with Crippen molar-refractivity contribution in [3.8, 4) is 11.8 Å². The predicted octanol–water partition coefficient (Wildman–Crippen LogP) is -0.656. The van der Waals surface area contributed by atoms with Crippen LogP contribution in [-0.4, -0.2) is 63.7 Å². The molecule has 136 valence electrons. The van der Waals surface area contributed by atoms with Crippen LogP contribution >= 0.6 is 0 Å². The van der Waals surface area contributed by atoms with Gasteiger partial charge in [-0.2, -0.15) is 5.26 Å². The molecule has 0 bridgehead atoms. The molecule has 0 spiro atoms. The van der Waals surface area contributed by atoms with E-state index >= 15 is 0 Å². The van der Waals surface area contributed by atoms with Gasteiger partial charge in [-0.1, -0.05) is 12.1 Å². The van der Waals surface area contributed by atoms with Crippen molar-refractivity contribution >= 4 is 5.97 Å².